The highest BCUT2D eigenvalue weighted by molar-refractivity contribution is 7.99. The second kappa shape index (κ2) is 8.43. The number of imidazole rings is 1. The lowest BCUT2D eigenvalue weighted by Gasteiger charge is -2.16. The molecule has 25 heavy (non-hydrogen) atoms. The summed E-state index contributed by atoms with van der Waals surface area (Å²) >= 11 is 1.60. The molecule has 1 aromatic carbocycles. The summed E-state index contributed by atoms with van der Waals surface area (Å²) in [4.78, 5) is 16.9. The molecule has 1 unspecified atom stereocenters. The summed E-state index contributed by atoms with van der Waals surface area (Å²) in [6, 6.07) is 9.35. The minimum absolute atomic E-state index is 0.100. The van der Waals surface area contributed by atoms with Gasteiger partial charge in [0.25, 0.3) is 0 Å². The van der Waals surface area contributed by atoms with Gasteiger partial charge >= 0.3 is 0 Å². The Morgan fingerprint density at radius 1 is 1.32 bits per heavy atom. The molecule has 3 aromatic rings. The number of hydrogen-bond acceptors (Lipinski definition) is 6. The Balaban J connectivity index is 1.57. The van der Waals surface area contributed by atoms with Crippen LogP contribution in [0, 0.1) is 0 Å². The third-order valence-electron chi connectivity index (χ3n) is 3.67. The molecule has 0 aliphatic rings. The van der Waals surface area contributed by atoms with Gasteiger partial charge < -0.3 is 9.88 Å². The van der Waals surface area contributed by atoms with Crippen molar-refractivity contribution in [1.29, 1.82) is 0 Å². The van der Waals surface area contributed by atoms with E-state index in [9.17, 15) is 4.79 Å². The summed E-state index contributed by atoms with van der Waals surface area (Å²) < 4.78 is 3.44. The Labute approximate surface area is 149 Å². The number of nitrogens with zero attached hydrogens (tertiary/aromatic N) is 6. The summed E-state index contributed by atoms with van der Waals surface area (Å²) in [6.45, 7) is 0.545. The minimum atomic E-state index is -0.476. The minimum Gasteiger partial charge on any atom is -0.353 e. The lowest BCUT2D eigenvalue weighted by molar-refractivity contribution is -0.124. The molecule has 0 bridgehead atoms. The molecule has 130 valence electrons. The molecule has 0 spiro atoms. The van der Waals surface area contributed by atoms with E-state index in [2.05, 4.69) is 25.8 Å². The number of aryl methyl sites for hydroxylation is 1. The molecule has 0 aliphatic carbocycles. The van der Waals surface area contributed by atoms with Crippen LogP contribution in [0.3, 0.4) is 0 Å². The predicted molar refractivity (Wildman–Crippen MR) is 93.9 cm³/mol. The smallest absolute Gasteiger partial charge is 0.245 e. The third-order valence-corrected chi connectivity index (χ3v) is 4.73. The molecular formula is C16H19N7OS. The molecule has 0 saturated carbocycles. The number of thioether (sulfide) groups is 1. The number of carbonyl (C=O) groups is 1. The van der Waals surface area contributed by atoms with Crippen molar-refractivity contribution in [1.82, 2.24) is 35.1 Å². The van der Waals surface area contributed by atoms with Gasteiger partial charge in [0.15, 0.2) is 5.16 Å². The Kier molecular flexibility index (Phi) is 5.78. The molecule has 0 aliphatic heterocycles. The summed E-state index contributed by atoms with van der Waals surface area (Å²) in [5.41, 5.74) is 1.06. The maximum atomic E-state index is 12.6. The molecular weight excluding hydrogens is 338 g/mol. The van der Waals surface area contributed by atoms with E-state index in [-0.39, 0.29) is 5.91 Å². The summed E-state index contributed by atoms with van der Waals surface area (Å²) in [5.74, 6) is 0.640. The second-order valence-electron chi connectivity index (χ2n) is 5.46. The summed E-state index contributed by atoms with van der Waals surface area (Å²) in [5, 5.41) is 15.1. The zero-order chi connectivity index (χ0) is 17.5. The Bertz CT molecular complexity index is 788. The van der Waals surface area contributed by atoms with Gasteiger partial charge in [-0.1, -0.05) is 42.1 Å². The third kappa shape index (κ3) is 4.66. The lowest BCUT2D eigenvalue weighted by Crippen LogP contribution is -2.35. The van der Waals surface area contributed by atoms with Crippen molar-refractivity contribution in [3.05, 3.63) is 54.6 Å². The van der Waals surface area contributed by atoms with E-state index in [0.29, 0.717) is 13.0 Å². The molecule has 0 saturated heterocycles. The number of rotatable bonds is 8. The highest BCUT2D eigenvalue weighted by atomic mass is 32.2. The van der Waals surface area contributed by atoms with Gasteiger partial charge in [-0.05, 0) is 16.0 Å². The fourth-order valence-corrected chi connectivity index (χ4v) is 3.17. The first-order valence-electron chi connectivity index (χ1n) is 7.88. The number of tetrazole rings is 1. The number of nitrogens with one attached hydrogen (secondary N) is 1. The molecule has 2 aromatic heterocycles. The van der Waals surface area contributed by atoms with Crippen molar-refractivity contribution in [3.8, 4) is 0 Å². The molecule has 9 heteroatoms. The predicted octanol–water partition coefficient (Wildman–Crippen LogP) is 1.10. The first-order chi connectivity index (χ1) is 12.2. The van der Waals surface area contributed by atoms with Crippen molar-refractivity contribution in [2.75, 3.05) is 12.3 Å². The number of aromatic nitrogens is 6. The van der Waals surface area contributed by atoms with Crippen molar-refractivity contribution in [3.63, 3.8) is 0 Å². The Morgan fingerprint density at radius 3 is 2.84 bits per heavy atom. The fraction of sp³-hybridized carbons (Fsp3) is 0.312. The quantitative estimate of drug-likeness (QED) is 0.480. The fourth-order valence-electron chi connectivity index (χ4n) is 2.38. The first kappa shape index (κ1) is 17.2. The van der Waals surface area contributed by atoms with Gasteiger partial charge in [0.2, 0.25) is 5.91 Å². The molecule has 1 N–H and O–H groups in total. The van der Waals surface area contributed by atoms with Gasteiger partial charge in [-0.25, -0.2) is 9.67 Å². The highest BCUT2D eigenvalue weighted by Gasteiger charge is 2.21. The van der Waals surface area contributed by atoms with Gasteiger partial charge in [-0.2, -0.15) is 0 Å². The topological polar surface area (TPSA) is 90.5 Å². The normalized spacial score (nSPS) is 12.0. The number of benzene rings is 1. The standard InChI is InChI=1S/C16H19N7OS/c1-22-9-7-18-16(22)25-10-8-17-15(24)14(23-12-19-20-21-23)11-13-5-3-2-4-6-13/h2-7,9,12,14H,8,10-11H2,1H3,(H,17,24). The molecule has 1 atom stereocenters. The van der Waals surface area contributed by atoms with E-state index in [1.54, 1.807) is 18.0 Å². The molecule has 8 nitrogen and oxygen atoms in total. The van der Waals surface area contributed by atoms with E-state index in [1.807, 2.05) is 48.1 Å². The van der Waals surface area contributed by atoms with Crippen molar-refractivity contribution in [2.45, 2.75) is 17.6 Å². The second-order valence-corrected chi connectivity index (χ2v) is 6.52. The van der Waals surface area contributed by atoms with Crippen molar-refractivity contribution in [2.24, 2.45) is 7.05 Å². The van der Waals surface area contributed by atoms with Gasteiger partial charge in [0.05, 0.1) is 0 Å². The average molecular weight is 357 g/mol. The zero-order valence-corrected chi connectivity index (χ0v) is 14.6. The van der Waals surface area contributed by atoms with E-state index < -0.39 is 6.04 Å². The van der Waals surface area contributed by atoms with E-state index in [0.717, 1.165) is 16.5 Å². The highest BCUT2D eigenvalue weighted by Crippen LogP contribution is 2.15. The lowest BCUT2D eigenvalue weighted by atomic mass is 10.1. The van der Waals surface area contributed by atoms with Crippen LogP contribution in [0.15, 0.2) is 54.2 Å². The SMILES string of the molecule is Cn1ccnc1SCCNC(=O)C(Cc1ccccc1)n1cnnn1. The van der Waals surface area contributed by atoms with Crippen LogP contribution >= 0.6 is 11.8 Å². The van der Waals surface area contributed by atoms with Crippen LogP contribution in [0.4, 0.5) is 0 Å². The Morgan fingerprint density at radius 2 is 2.16 bits per heavy atom. The van der Waals surface area contributed by atoms with E-state index >= 15 is 0 Å². The van der Waals surface area contributed by atoms with Crippen LogP contribution in [-0.4, -0.2) is 48.0 Å². The molecule has 1 amide bonds. The van der Waals surface area contributed by atoms with Crippen LogP contribution in [-0.2, 0) is 18.3 Å². The molecule has 3 rings (SSSR count). The van der Waals surface area contributed by atoms with Crippen LogP contribution < -0.4 is 5.32 Å². The van der Waals surface area contributed by atoms with Crippen LogP contribution in [0.25, 0.3) is 0 Å². The number of amides is 1. The zero-order valence-electron chi connectivity index (χ0n) is 13.8. The van der Waals surface area contributed by atoms with Crippen LogP contribution in [0.1, 0.15) is 11.6 Å². The van der Waals surface area contributed by atoms with Gasteiger partial charge in [-0.3, -0.25) is 4.79 Å². The monoisotopic (exact) mass is 357 g/mol. The van der Waals surface area contributed by atoms with E-state index in [1.165, 1.54) is 11.0 Å². The molecule has 0 radical (unpaired) electrons. The van der Waals surface area contributed by atoms with Gasteiger partial charge in [0, 0.05) is 38.2 Å². The van der Waals surface area contributed by atoms with Crippen molar-refractivity contribution >= 4 is 17.7 Å². The molecule has 2 heterocycles. The number of carbonyl (C=O) groups excluding carboxylic acids is 1. The van der Waals surface area contributed by atoms with Gasteiger partial charge in [-0.15, -0.1) is 5.10 Å². The van der Waals surface area contributed by atoms with Crippen molar-refractivity contribution < 1.29 is 4.79 Å². The van der Waals surface area contributed by atoms with E-state index in [4.69, 9.17) is 0 Å². The van der Waals surface area contributed by atoms with Crippen LogP contribution in [0.2, 0.25) is 0 Å². The summed E-state index contributed by atoms with van der Waals surface area (Å²) in [6.07, 6.45) is 5.66. The van der Waals surface area contributed by atoms with Crippen LogP contribution in [0.5, 0.6) is 0 Å². The largest absolute Gasteiger partial charge is 0.353 e. The maximum absolute atomic E-state index is 12.6. The molecule has 0 fully saturated rings. The number of hydrogen-bond donors (Lipinski definition) is 1. The average Bonchev–Trinajstić information content (AvgIpc) is 3.29. The summed E-state index contributed by atoms with van der Waals surface area (Å²) in [7, 11) is 1.95. The first-order valence-corrected chi connectivity index (χ1v) is 8.87. The van der Waals surface area contributed by atoms with Gasteiger partial charge in [0.1, 0.15) is 12.4 Å². The Hall–Kier alpha value is -2.68. The maximum Gasteiger partial charge on any atom is 0.245 e.